The van der Waals surface area contributed by atoms with E-state index in [0.717, 1.165) is 0 Å². The Morgan fingerprint density at radius 1 is 1.57 bits per heavy atom. The molecule has 0 amide bonds. The predicted octanol–water partition coefficient (Wildman–Crippen LogP) is -2.07. The second kappa shape index (κ2) is 3.78. The van der Waals surface area contributed by atoms with Crippen LogP contribution in [0.2, 0.25) is 0 Å². The maximum atomic E-state index is 10.8. The van der Waals surface area contributed by atoms with Crippen molar-refractivity contribution >= 4 is 17.9 Å². The molecule has 0 aromatic heterocycles. The SMILES string of the molecule is O=[C-]C(F)(F)Cl.[Na+]. The van der Waals surface area contributed by atoms with E-state index in [2.05, 4.69) is 11.6 Å². The van der Waals surface area contributed by atoms with Gasteiger partial charge in [0.05, 0.1) is 0 Å². The molecule has 0 atom stereocenters. The minimum atomic E-state index is -3.79. The van der Waals surface area contributed by atoms with Gasteiger partial charge in [0.25, 0.3) is 0 Å². The average Bonchev–Trinajstić information content (AvgIpc) is 1.35. The van der Waals surface area contributed by atoms with E-state index in [1.54, 1.807) is 0 Å². The van der Waals surface area contributed by atoms with Crippen LogP contribution in [-0.4, -0.2) is 11.7 Å². The van der Waals surface area contributed by atoms with Gasteiger partial charge in [-0.1, -0.05) is 11.6 Å². The molecule has 1 nitrogen and oxygen atoms in total. The predicted molar refractivity (Wildman–Crippen MR) is 16.5 cm³/mol. The number of alkyl halides is 3. The number of carbonyl (C=O) groups excluding carboxylic acids is 1. The zero-order valence-corrected chi connectivity index (χ0v) is 6.30. The number of hydrogen-bond acceptors (Lipinski definition) is 1. The van der Waals surface area contributed by atoms with Crippen LogP contribution in [0.3, 0.4) is 0 Å². The Kier molecular flexibility index (Phi) is 5.79. The van der Waals surface area contributed by atoms with Crippen molar-refractivity contribution in [2.45, 2.75) is 5.38 Å². The van der Waals surface area contributed by atoms with Crippen LogP contribution in [0.15, 0.2) is 0 Å². The van der Waals surface area contributed by atoms with Gasteiger partial charge in [-0.2, -0.15) is 6.29 Å². The van der Waals surface area contributed by atoms with Crippen LogP contribution < -0.4 is 29.6 Å². The topological polar surface area (TPSA) is 17.1 Å². The average molecular weight is 136 g/mol. The molecule has 0 aromatic rings. The summed E-state index contributed by atoms with van der Waals surface area (Å²) in [5.74, 6) is 0. The summed E-state index contributed by atoms with van der Waals surface area (Å²) in [6.07, 6.45) is 0.286. The molecule has 36 valence electrons. The first kappa shape index (κ1) is 10.7. The monoisotopic (exact) mass is 136 g/mol. The van der Waals surface area contributed by atoms with Crippen LogP contribution in [0, 0.1) is 0 Å². The number of rotatable bonds is 1. The Labute approximate surface area is 66.3 Å². The summed E-state index contributed by atoms with van der Waals surface area (Å²) < 4.78 is 21.6. The van der Waals surface area contributed by atoms with Crippen LogP contribution in [0.25, 0.3) is 0 Å². The third-order valence-corrected chi connectivity index (χ3v) is 0.193. The van der Waals surface area contributed by atoms with Crippen LogP contribution in [0.4, 0.5) is 8.78 Å². The second-order valence-electron chi connectivity index (χ2n) is 0.600. The van der Waals surface area contributed by atoms with E-state index in [1.807, 2.05) is 0 Å². The van der Waals surface area contributed by atoms with E-state index < -0.39 is 5.38 Å². The van der Waals surface area contributed by atoms with Gasteiger partial charge >= 0.3 is 29.6 Å². The first-order chi connectivity index (χ1) is 2.56. The van der Waals surface area contributed by atoms with E-state index in [-0.39, 0.29) is 35.8 Å². The van der Waals surface area contributed by atoms with Crippen molar-refractivity contribution in [1.29, 1.82) is 0 Å². The van der Waals surface area contributed by atoms with Gasteiger partial charge in [-0.15, -0.1) is 0 Å². The first-order valence-electron chi connectivity index (χ1n) is 1.02. The molecule has 0 saturated carbocycles. The molecule has 0 unspecified atom stereocenters. The van der Waals surface area contributed by atoms with Crippen molar-refractivity contribution < 1.29 is 43.1 Å². The Morgan fingerprint density at radius 3 is 1.71 bits per heavy atom. The molecule has 0 aromatic carbocycles. The Hall–Kier alpha value is 0.820. The Morgan fingerprint density at radius 2 is 1.71 bits per heavy atom. The molecule has 0 saturated heterocycles. The van der Waals surface area contributed by atoms with Gasteiger partial charge in [-0.05, 0) is 0 Å². The van der Waals surface area contributed by atoms with E-state index in [9.17, 15) is 8.78 Å². The molecule has 0 aliphatic heterocycles. The largest absolute Gasteiger partial charge is 1.00 e. The maximum absolute atomic E-state index is 10.8. The molecule has 0 N–H and O–H groups in total. The van der Waals surface area contributed by atoms with Crippen LogP contribution in [0.1, 0.15) is 0 Å². The van der Waals surface area contributed by atoms with Crippen LogP contribution in [0.5, 0.6) is 0 Å². The van der Waals surface area contributed by atoms with E-state index >= 15 is 0 Å². The van der Waals surface area contributed by atoms with Gasteiger partial charge in [0, 0.05) is 0 Å². The van der Waals surface area contributed by atoms with Crippen molar-refractivity contribution in [3.05, 3.63) is 0 Å². The summed E-state index contributed by atoms with van der Waals surface area (Å²) in [6.45, 7) is 0. The quantitative estimate of drug-likeness (QED) is 0.230. The van der Waals surface area contributed by atoms with Crippen molar-refractivity contribution in [1.82, 2.24) is 0 Å². The minimum Gasteiger partial charge on any atom is -0.535 e. The van der Waals surface area contributed by atoms with Gasteiger partial charge in [0.15, 0.2) is 0 Å². The summed E-state index contributed by atoms with van der Waals surface area (Å²) in [7, 11) is 0. The molecule has 0 rings (SSSR count). The summed E-state index contributed by atoms with van der Waals surface area (Å²) in [6, 6.07) is 0. The van der Waals surface area contributed by atoms with E-state index in [4.69, 9.17) is 4.79 Å². The summed E-state index contributed by atoms with van der Waals surface area (Å²) in [5.41, 5.74) is 0. The third-order valence-electron chi connectivity index (χ3n) is 0.116. The molecular formula is C2ClF2NaO. The number of hydrogen-bond donors (Lipinski definition) is 0. The van der Waals surface area contributed by atoms with Gasteiger partial charge < -0.3 is 4.79 Å². The third kappa shape index (κ3) is 10.9. The summed E-state index contributed by atoms with van der Waals surface area (Å²) in [4.78, 5) is 8.82. The smallest absolute Gasteiger partial charge is 0.535 e. The molecule has 0 radical (unpaired) electrons. The molecule has 7 heavy (non-hydrogen) atoms. The summed E-state index contributed by atoms with van der Waals surface area (Å²) >= 11 is 3.96. The van der Waals surface area contributed by atoms with Crippen molar-refractivity contribution in [3.8, 4) is 0 Å². The molecule has 0 fully saturated rings. The molecule has 0 bridgehead atoms. The standard InChI is InChI=1S/C2ClF2O.Na/c3-2(4,5)1-6;/q-1;+1. The molecule has 5 heteroatoms. The van der Waals surface area contributed by atoms with Crippen LogP contribution >= 0.6 is 11.6 Å². The molecule has 0 heterocycles. The molecule has 0 aliphatic carbocycles. The van der Waals surface area contributed by atoms with Crippen LogP contribution in [-0.2, 0) is 4.79 Å². The van der Waals surface area contributed by atoms with Crippen molar-refractivity contribution in [2.75, 3.05) is 0 Å². The van der Waals surface area contributed by atoms with E-state index in [0.29, 0.717) is 0 Å². The fraction of sp³-hybridized carbons (Fsp3) is 0.500. The van der Waals surface area contributed by atoms with Gasteiger partial charge in [0.1, 0.15) is 0 Å². The van der Waals surface area contributed by atoms with E-state index in [1.165, 1.54) is 0 Å². The fourth-order valence-electron chi connectivity index (χ4n) is 0. The molecular weight excluding hydrogens is 136 g/mol. The van der Waals surface area contributed by atoms with Gasteiger partial charge in [-0.3, -0.25) is 0 Å². The van der Waals surface area contributed by atoms with Crippen molar-refractivity contribution in [2.24, 2.45) is 0 Å². The zero-order chi connectivity index (χ0) is 5.21. The Balaban J connectivity index is 0. The maximum Gasteiger partial charge on any atom is 1.00 e. The van der Waals surface area contributed by atoms with Crippen molar-refractivity contribution in [3.63, 3.8) is 0 Å². The molecule has 0 spiro atoms. The van der Waals surface area contributed by atoms with Gasteiger partial charge in [0.2, 0.25) is 5.38 Å². The summed E-state index contributed by atoms with van der Waals surface area (Å²) in [5, 5.41) is -3.79. The first-order valence-corrected chi connectivity index (χ1v) is 1.40. The normalized spacial score (nSPS) is 9.57. The zero-order valence-electron chi connectivity index (χ0n) is 3.54. The number of halogens is 3. The molecule has 0 aliphatic rings. The second-order valence-corrected chi connectivity index (χ2v) is 1.07. The fourth-order valence-corrected chi connectivity index (χ4v) is 0. The minimum absolute atomic E-state index is 0. The van der Waals surface area contributed by atoms with Gasteiger partial charge in [-0.25, -0.2) is 8.78 Å². The Bertz CT molecular complexity index is 61.2.